The summed E-state index contributed by atoms with van der Waals surface area (Å²) in [6.07, 6.45) is -1.71. The maximum atomic E-state index is 10.9. The molecule has 0 radical (unpaired) electrons. The molecule has 1 rings (SSSR count). The van der Waals surface area contributed by atoms with Crippen molar-refractivity contribution in [2.75, 3.05) is 20.8 Å². The maximum absolute atomic E-state index is 10.9. The summed E-state index contributed by atoms with van der Waals surface area (Å²) in [5.41, 5.74) is 8.75. The number of benzene rings is 1. The number of hydrogen-bond acceptors (Lipinski definition) is 6. The lowest BCUT2D eigenvalue weighted by Crippen LogP contribution is -2.20. The van der Waals surface area contributed by atoms with Gasteiger partial charge in [0.25, 0.3) is 0 Å². The highest BCUT2D eigenvalue weighted by atomic mass is 16.5. The molecule has 2 atom stereocenters. The number of azide groups is 1. The summed E-state index contributed by atoms with van der Waals surface area (Å²) >= 11 is 0. The standard InChI is InChI=1S/C13H17N3O5/c1-20-11-6-9(12(21-2)5-8(11)7-17)13(19)10(18)3-4-15-16-14/h5-7,10,13,18-19H,3-4H2,1-2H3. The summed E-state index contributed by atoms with van der Waals surface area (Å²) in [6.45, 7) is 0.0561. The predicted molar refractivity (Wildman–Crippen MR) is 74.5 cm³/mol. The predicted octanol–water partition coefficient (Wildman–Crippen LogP) is 1.61. The summed E-state index contributed by atoms with van der Waals surface area (Å²) in [7, 11) is 2.78. The molecule has 0 heterocycles. The van der Waals surface area contributed by atoms with Gasteiger partial charge in [-0.15, -0.1) is 0 Å². The maximum Gasteiger partial charge on any atom is 0.153 e. The molecular formula is C13H17N3O5. The lowest BCUT2D eigenvalue weighted by molar-refractivity contribution is 0.0136. The van der Waals surface area contributed by atoms with Crippen LogP contribution in [0.4, 0.5) is 0 Å². The fourth-order valence-electron chi connectivity index (χ4n) is 1.87. The van der Waals surface area contributed by atoms with Crippen LogP contribution in [0.2, 0.25) is 0 Å². The van der Waals surface area contributed by atoms with Crippen LogP contribution in [-0.2, 0) is 0 Å². The van der Waals surface area contributed by atoms with Crippen LogP contribution in [0.3, 0.4) is 0 Å². The molecule has 0 spiro atoms. The zero-order valence-corrected chi connectivity index (χ0v) is 11.8. The fraction of sp³-hybridized carbons (Fsp3) is 0.462. The summed E-state index contributed by atoms with van der Waals surface area (Å²) in [5.74, 6) is 0.523. The van der Waals surface area contributed by atoms with Crippen molar-refractivity contribution < 1.29 is 24.5 Å². The second-order valence-corrected chi connectivity index (χ2v) is 4.21. The monoisotopic (exact) mass is 295 g/mol. The van der Waals surface area contributed by atoms with Gasteiger partial charge in [0.1, 0.15) is 17.6 Å². The van der Waals surface area contributed by atoms with Crippen molar-refractivity contribution in [2.24, 2.45) is 5.11 Å². The molecule has 0 amide bonds. The average Bonchev–Trinajstić information content (AvgIpc) is 2.52. The number of carbonyl (C=O) groups excluding carboxylic acids is 1. The van der Waals surface area contributed by atoms with Crippen LogP contribution < -0.4 is 9.47 Å². The molecule has 0 aliphatic heterocycles. The van der Waals surface area contributed by atoms with E-state index < -0.39 is 12.2 Å². The van der Waals surface area contributed by atoms with E-state index >= 15 is 0 Å². The quantitative estimate of drug-likeness (QED) is 0.326. The molecule has 2 N–H and O–H groups in total. The van der Waals surface area contributed by atoms with Crippen molar-refractivity contribution in [3.8, 4) is 11.5 Å². The van der Waals surface area contributed by atoms with E-state index in [2.05, 4.69) is 10.0 Å². The Hall–Kier alpha value is -2.28. The molecule has 114 valence electrons. The molecule has 0 aliphatic carbocycles. The lowest BCUT2D eigenvalue weighted by Gasteiger charge is -2.21. The fourth-order valence-corrected chi connectivity index (χ4v) is 1.87. The van der Waals surface area contributed by atoms with Crippen molar-refractivity contribution in [2.45, 2.75) is 18.6 Å². The van der Waals surface area contributed by atoms with E-state index in [1.165, 1.54) is 26.4 Å². The van der Waals surface area contributed by atoms with Crippen molar-refractivity contribution in [3.05, 3.63) is 33.7 Å². The first-order valence-corrected chi connectivity index (χ1v) is 6.17. The number of methoxy groups -OCH3 is 2. The van der Waals surface area contributed by atoms with E-state index in [1.54, 1.807) is 0 Å². The molecule has 21 heavy (non-hydrogen) atoms. The van der Waals surface area contributed by atoms with Crippen molar-refractivity contribution in [1.29, 1.82) is 0 Å². The van der Waals surface area contributed by atoms with Gasteiger partial charge >= 0.3 is 0 Å². The molecule has 8 nitrogen and oxygen atoms in total. The molecule has 0 saturated heterocycles. The highest BCUT2D eigenvalue weighted by molar-refractivity contribution is 5.80. The van der Waals surface area contributed by atoms with E-state index in [4.69, 9.17) is 15.0 Å². The van der Waals surface area contributed by atoms with Crippen LogP contribution in [0.5, 0.6) is 11.5 Å². The number of rotatable bonds is 8. The van der Waals surface area contributed by atoms with Crippen molar-refractivity contribution in [3.63, 3.8) is 0 Å². The SMILES string of the molecule is COc1cc(C(O)C(O)CCN=[N+]=[N-])c(OC)cc1C=O. The Morgan fingerprint density at radius 3 is 2.52 bits per heavy atom. The minimum atomic E-state index is -1.26. The Bertz CT molecular complexity index is 543. The Labute approximate surface area is 121 Å². The third-order valence-corrected chi connectivity index (χ3v) is 2.98. The van der Waals surface area contributed by atoms with Crippen LogP contribution in [0.15, 0.2) is 17.2 Å². The van der Waals surface area contributed by atoms with E-state index in [1.807, 2.05) is 0 Å². The van der Waals surface area contributed by atoms with Crippen LogP contribution in [0, 0.1) is 0 Å². The van der Waals surface area contributed by atoms with Gasteiger partial charge in [0, 0.05) is 17.0 Å². The number of ether oxygens (including phenoxy) is 2. The molecule has 1 aromatic rings. The second kappa shape index (κ2) is 8.11. The largest absolute Gasteiger partial charge is 0.496 e. The number of aliphatic hydroxyl groups is 2. The zero-order chi connectivity index (χ0) is 15.8. The highest BCUT2D eigenvalue weighted by Crippen LogP contribution is 2.34. The molecule has 0 saturated carbocycles. The van der Waals surface area contributed by atoms with E-state index in [0.29, 0.717) is 6.29 Å². The summed E-state index contributed by atoms with van der Waals surface area (Å²) < 4.78 is 10.2. The molecule has 0 aliphatic rings. The van der Waals surface area contributed by atoms with Crippen molar-refractivity contribution in [1.82, 2.24) is 0 Å². The summed E-state index contributed by atoms with van der Waals surface area (Å²) in [6, 6.07) is 2.86. The number of hydrogen-bond donors (Lipinski definition) is 2. The Balaban J connectivity index is 3.09. The first-order valence-electron chi connectivity index (χ1n) is 6.17. The normalized spacial score (nSPS) is 13.0. The molecule has 0 aromatic heterocycles. The number of aldehydes is 1. The summed E-state index contributed by atoms with van der Waals surface area (Å²) in [5, 5.41) is 23.4. The smallest absolute Gasteiger partial charge is 0.153 e. The molecule has 0 fully saturated rings. The summed E-state index contributed by atoms with van der Waals surface area (Å²) in [4.78, 5) is 13.5. The Morgan fingerprint density at radius 1 is 1.33 bits per heavy atom. The van der Waals surface area contributed by atoms with Gasteiger partial charge in [0.2, 0.25) is 0 Å². The Kier molecular flexibility index (Phi) is 6.48. The van der Waals surface area contributed by atoms with Gasteiger partial charge in [0.15, 0.2) is 6.29 Å². The van der Waals surface area contributed by atoms with Gasteiger partial charge in [-0.05, 0) is 24.1 Å². The molecule has 1 aromatic carbocycles. The van der Waals surface area contributed by atoms with Gasteiger partial charge < -0.3 is 19.7 Å². The zero-order valence-electron chi connectivity index (χ0n) is 11.8. The van der Waals surface area contributed by atoms with Gasteiger partial charge in [-0.1, -0.05) is 5.11 Å². The number of aliphatic hydroxyl groups excluding tert-OH is 2. The van der Waals surface area contributed by atoms with Crippen LogP contribution in [0.25, 0.3) is 10.4 Å². The first kappa shape index (κ1) is 16.8. The third kappa shape index (κ3) is 4.09. The van der Waals surface area contributed by atoms with Gasteiger partial charge in [0.05, 0.1) is 25.9 Å². The van der Waals surface area contributed by atoms with E-state index in [0.717, 1.165) is 0 Å². The van der Waals surface area contributed by atoms with E-state index in [9.17, 15) is 15.0 Å². The highest BCUT2D eigenvalue weighted by Gasteiger charge is 2.23. The Morgan fingerprint density at radius 2 is 2.00 bits per heavy atom. The lowest BCUT2D eigenvalue weighted by atomic mass is 9.99. The topological polar surface area (TPSA) is 125 Å². The molecule has 8 heteroatoms. The van der Waals surface area contributed by atoms with Gasteiger partial charge in [-0.3, -0.25) is 4.79 Å². The third-order valence-electron chi connectivity index (χ3n) is 2.98. The molecule has 0 bridgehead atoms. The number of nitrogens with zero attached hydrogens (tertiary/aromatic N) is 3. The first-order chi connectivity index (χ1) is 10.1. The van der Waals surface area contributed by atoms with Gasteiger partial charge in [-0.25, -0.2) is 0 Å². The second-order valence-electron chi connectivity index (χ2n) is 4.21. The van der Waals surface area contributed by atoms with Gasteiger partial charge in [-0.2, -0.15) is 0 Å². The minimum absolute atomic E-state index is 0.0561. The van der Waals surface area contributed by atoms with Crippen LogP contribution in [-0.4, -0.2) is 43.4 Å². The molecule has 2 unspecified atom stereocenters. The average molecular weight is 295 g/mol. The number of carbonyl (C=O) groups is 1. The molecular weight excluding hydrogens is 278 g/mol. The van der Waals surface area contributed by atoms with Crippen LogP contribution in [0.1, 0.15) is 28.4 Å². The van der Waals surface area contributed by atoms with E-state index in [-0.39, 0.29) is 35.6 Å². The van der Waals surface area contributed by atoms with Crippen LogP contribution >= 0.6 is 0 Å². The minimum Gasteiger partial charge on any atom is -0.496 e. The van der Waals surface area contributed by atoms with Crippen molar-refractivity contribution >= 4 is 6.29 Å².